The van der Waals surface area contributed by atoms with Crippen molar-refractivity contribution in [3.05, 3.63) is 88.4 Å². The molecule has 0 saturated carbocycles. The largest absolute Gasteiger partial charge is 0.457 e. The number of nitrogens with zero attached hydrogens (tertiary/aromatic N) is 2. The van der Waals surface area contributed by atoms with Crippen LogP contribution in [0.2, 0.25) is 5.02 Å². The van der Waals surface area contributed by atoms with E-state index in [1.54, 1.807) is 61.5 Å². The van der Waals surface area contributed by atoms with Gasteiger partial charge in [0.1, 0.15) is 35.5 Å². The van der Waals surface area contributed by atoms with Crippen molar-refractivity contribution in [2.45, 2.75) is 26.3 Å². The number of nitrogens with one attached hydrogen (secondary N) is 3. The Morgan fingerprint density at radius 3 is 2.41 bits per heavy atom. The number of halogens is 1. The number of carbonyl (C=O) groups excluding carboxylic acids is 2. The highest BCUT2D eigenvalue weighted by Crippen LogP contribution is 2.34. The maximum atomic E-state index is 12.5. The number of hydrogen-bond donors (Lipinski definition) is 3. The zero-order valence-corrected chi connectivity index (χ0v) is 21.2. The van der Waals surface area contributed by atoms with Crippen LogP contribution in [-0.2, 0) is 4.79 Å². The molecule has 3 N–H and O–H groups in total. The van der Waals surface area contributed by atoms with Gasteiger partial charge in [-0.15, -0.1) is 0 Å². The molecule has 9 heteroatoms. The first-order chi connectivity index (χ1) is 17.8. The fraction of sp³-hybridized carbons (Fsp3) is 0.179. The van der Waals surface area contributed by atoms with Gasteiger partial charge in [0.25, 0.3) is 0 Å². The lowest BCUT2D eigenvalue weighted by Gasteiger charge is -2.26. The van der Waals surface area contributed by atoms with E-state index in [1.165, 1.54) is 4.90 Å². The molecule has 188 valence electrons. The number of anilines is 1. The predicted molar refractivity (Wildman–Crippen MR) is 146 cm³/mol. The Bertz CT molecular complexity index is 1380. The molecule has 8 nitrogen and oxygen atoms in total. The monoisotopic (exact) mass is 515 g/mol. The van der Waals surface area contributed by atoms with E-state index < -0.39 is 6.04 Å². The summed E-state index contributed by atoms with van der Waals surface area (Å²) in [5.74, 6) is 0.981. The summed E-state index contributed by atoms with van der Waals surface area (Å²) in [5, 5.41) is 20.7. The minimum absolute atomic E-state index is 0.0297. The van der Waals surface area contributed by atoms with Crippen LogP contribution in [0.5, 0.6) is 11.5 Å². The number of amidine groups is 2. The van der Waals surface area contributed by atoms with Gasteiger partial charge >= 0.3 is 0 Å². The maximum Gasteiger partial charge on any atom is 0.222 e. The lowest BCUT2D eigenvalue weighted by atomic mass is 9.99. The summed E-state index contributed by atoms with van der Waals surface area (Å²) in [5.41, 5.74) is 3.06. The second-order valence-electron chi connectivity index (χ2n) is 8.43. The van der Waals surface area contributed by atoms with Crippen LogP contribution in [0.15, 0.2) is 71.7 Å². The molecule has 0 unspecified atom stereocenters. The van der Waals surface area contributed by atoms with Crippen molar-refractivity contribution >= 4 is 46.9 Å². The summed E-state index contributed by atoms with van der Waals surface area (Å²) in [6.07, 6.45) is 0.732. The molecule has 3 aromatic rings. The van der Waals surface area contributed by atoms with Gasteiger partial charge in [0.05, 0.1) is 17.8 Å². The van der Waals surface area contributed by atoms with Crippen molar-refractivity contribution in [1.82, 2.24) is 5.32 Å². The summed E-state index contributed by atoms with van der Waals surface area (Å²) in [6, 6.07) is 18.4. The van der Waals surface area contributed by atoms with Gasteiger partial charge in [-0.2, -0.15) is 0 Å². The van der Waals surface area contributed by atoms with Gasteiger partial charge in [-0.1, -0.05) is 23.7 Å². The zero-order valence-electron chi connectivity index (χ0n) is 20.4. The smallest absolute Gasteiger partial charge is 0.222 e. The first-order valence-electron chi connectivity index (χ1n) is 11.7. The molecule has 0 bridgehead atoms. The zero-order chi connectivity index (χ0) is 26.5. The maximum absolute atomic E-state index is 12.5. The van der Waals surface area contributed by atoms with Crippen LogP contribution in [0.25, 0.3) is 0 Å². The lowest BCUT2D eigenvalue weighted by Crippen LogP contribution is -2.42. The molecule has 0 aliphatic carbocycles. The number of carbonyl (C=O) groups is 2. The molecule has 1 aliphatic rings. The minimum Gasteiger partial charge on any atom is -0.457 e. The summed E-state index contributed by atoms with van der Waals surface area (Å²) in [4.78, 5) is 29.9. The van der Waals surface area contributed by atoms with Crippen molar-refractivity contribution in [3.63, 3.8) is 0 Å². The average Bonchev–Trinajstić information content (AvgIpc) is 2.99. The Morgan fingerprint density at radius 2 is 1.78 bits per heavy atom. The van der Waals surface area contributed by atoms with Crippen molar-refractivity contribution in [2.24, 2.45) is 4.99 Å². The number of benzodiazepines with no additional fused rings is 1. The third kappa shape index (κ3) is 5.76. The Hall–Kier alpha value is -4.30. The molecule has 0 saturated heterocycles. The molecule has 3 aromatic carbocycles. The number of fused-ring (bicyclic) bond motifs is 1. The Labute approximate surface area is 220 Å². The molecule has 1 heterocycles. The number of hydrogen-bond acceptors (Lipinski definition) is 6. The second-order valence-corrected chi connectivity index (χ2v) is 8.87. The van der Waals surface area contributed by atoms with E-state index in [4.69, 9.17) is 32.1 Å². The summed E-state index contributed by atoms with van der Waals surface area (Å²) in [6.45, 7) is 3.89. The normalized spacial score (nSPS) is 14.8. The van der Waals surface area contributed by atoms with E-state index >= 15 is 0 Å². The predicted octanol–water partition coefficient (Wildman–Crippen LogP) is 5.47. The van der Waals surface area contributed by atoms with Crippen LogP contribution in [-0.4, -0.2) is 42.2 Å². The highest BCUT2D eigenvalue weighted by atomic mass is 35.5. The van der Waals surface area contributed by atoms with Crippen molar-refractivity contribution in [3.8, 4) is 11.5 Å². The van der Waals surface area contributed by atoms with E-state index in [2.05, 4.69) is 5.32 Å². The third-order valence-corrected chi connectivity index (χ3v) is 6.02. The number of benzene rings is 3. The fourth-order valence-corrected chi connectivity index (χ4v) is 4.19. The van der Waals surface area contributed by atoms with Gasteiger partial charge in [-0.3, -0.25) is 30.3 Å². The summed E-state index contributed by atoms with van der Waals surface area (Å²) < 4.78 is 6.05. The summed E-state index contributed by atoms with van der Waals surface area (Å²) in [7, 11) is 0. The minimum atomic E-state index is -0.815. The molecule has 1 amide bonds. The molecule has 0 spiro atoms. The standard InChI is InChI=1S/C28H26ClN5O3/c1-3-32-26(36)15-24-28(31)34(17(2)30)25-13-12-22(37-21-10-4-18(16-35)5-11-21)14-23(25)27(33-24)19-6-8-20(29)9-7-19/h4-14,16,24,30-31H,3,15H2,1-2H3,(H,32,36)/t24-/m0/s1. The van der Waals surface area contributed by atoms with Crippen molar-refractivity contribution < 1.29 is 14.3 Å². The Morgan fingerprint density at radius 1 is 1.11 bits per heavy atom. The molecule has 1 atom stereocenters. The molecule has 0 fully saturated rings. The van der Waals surface area contributed by atoms with Gasteiger partial charge in [0.2, 0.25) is 5.91 Å². The highest BCUT2D eigenvalue weighted by molar-refractivity contribution is 6.31. The first-order valence-corrected chi connectivity index (χ1v) is 12.1. The number of aldehydes is 1. The van der Waals surface area contributed by atoms with Crippen LogP contribution < -0.4 is 15.0 Å². The third-order valence-electron chi connectivity index (χ3n) is 5.76. The molecule has 37 heavy (non-hydrogen) atoms. The van der Waals surface area contributed by atoms with Crippen molar-refractivity contribution in [2.75, 3.05) is 11.4 Å². The van der Waals surface area contributed by atoms with E-state index in [0.717, 1.165) is 11.8 Å². The van der Waals surface area contributed by atoms with Gasteiger partial charge < -0.3 is 10.1 Å². The van der Waals surface area contributed by atoms with Crippen molar-refractivity contribution in [1.29, 1.82) is 10.8 Å². The van der Waals surface area contributed by atoms with Crippen LogP contribution in [0.4, 0.5) is 5.69 Å². The molecule has 0 radical (unpaired) electrons. The topological polar surface area (TPSA) is 119 Å². The van der Waals surface area contributed by atoms with Crippen LogP contribution >= 0.6 is 11.6 Å². The lowest BCUT2D eigenvalue weighted by molar-refractivity contribution is -0.121. The quantitative estimate of drug-likeness (QED) is 0.219. The number of ether oxygens (including phenoxy) is 1. The number of aliphatic imine (C=N–C) groups is 1. The average molecular weight is 516 g/mol. The van der Waals surface area contributed by atoms with Crippen LogP contribution in [0, 0.1) is 10.8 Å². The van der Waals surface area contributed by atoms with Gasteiger partial charge in [0.15, 0.2) is 0 Å². The fourth-order valence-electron chi connectivity index (χ4n) is 4.07. The number of rotatable bonds is 7. The molecule has 0 aromatic heterocycles. The van der Waals surface area contributed by atoms with Gasteiger partial charge in [0, 0.05) is 28.3 Å². The molecular formula is C28H26ClN5O3. The van der Waals surface area contributed by atoms with E-state index in [0.29, 0.717) is 45.6 Å². The first kappa shape index (κ1) is 25.8. The Balaban J connectivity index is 1.86. The van der Waals surface area contributed by atoms with Crippen LogP contribution in [0.1, 0.15) is 41.8 Å². The van der Waals surface area contributed by atoms with Crippen LogP contribution in [0.3, 0.4) is 0 Å². The summed E-state index contributed by atoms with van der Waals surface area (Å²) >= 11 is 6.14. The highest BCUT2D eigenvalue weighted by Gasteiger charge is 2.32. The van der Waals surface area contributed by atoms with E-state index in [1.807, 2.05) is 19.1 Å². The second kappa shape index (κ2) is 11.2. The molecule has 4 rings (SSSR count). The SMILES string of the molecule is CCNC(=O)C[C@@H]1N=C(c2ccc(Cl)cc2)c2cc(Oc3ccc(C=O)cc3)ccc2N(C(C)=N)C1=N. The van der Waals surface area contributed by atoms with Gasteiger partial charge in [-0.25, -0.2) is 0 Å². The Kier molecular flexibility index (Phi) is 7.79. The van der Waals surface area contributed by atoms with E-state index in [9.17, 15) is 9.59 Å². The number of amides is 1. The molecule has 1 aliphatic heterocycles. The van der Waals surface area contributed by atoms with E-state index in [-0.39, 0.29) is 24.0 Å². The molecular weight excluding hydrogens is 490 g/mol. The van der Waals surface area contributed by atoms with Gasteiger partial charge in [-0.05, 0) is 68.4 Å².